The Labute approximate surface area is 109 Å². The van der Waals surface area contributed by atoms with Crippen LogP contribution < -0.4 is 14.8 Å². The molecule has 6 heteroatoms. The number of methoxy groups -OCH3 is 2. The highest BCUT2D eigenvalue weighted by molar-refractivity contribution is 7.16. The lowest BCUT2D eigenvalue weighted by Crippen LogP contribution is -1.95. The largest absolute Gasteiger partial charge is 0.497 e. The molecule has 0 saturated heterocycles. The maximum atomic E-state index is 8.75. The molecule has 18 heavy (non-hydrogen) atoms. The van der Waals surface area contributed by atoms with Crippen LogP contribution >= 0.6 is 11.3 Å². The Bertz CT molecular complexity index is 589. The molecule has 2 aromatic rings. The van der Waals surface area contributed by atoms with Crippen molar-refractivity contribution in [2.45, 2.75) is 0 Å². The molecule has 1 heterocycles. The third-order valence-corrected chi connectivity index (χ3v) is 3.08. The molecule has 92 valence electrons. The molecule has 0 amide bonds. The van der Waals surface area contributed by atoms with Crippen molar-refractivity contribution in [2.75, 3.05) is 19.5 Å². The first-order valence-corrected chi connectivity index (χ1v) is 5.93. The van der Waals surface area contributed by atoms with Crippen molar-refractivity contribution in [1.29, 1.82) is 5.26 Å². The van der Waals surface area contributed by atoms with E-state index >= 15 is 0 Å². The number of anilines is 2. The topological polar surface area (TPSA) is 67.2 Å². The van der Waals surface area contributed by atoms with E-state index in [9.17, 15) is 0 Å². The van der Waals surface area contributed by atoms with Crippen LogP contribution in [0.2, 0.25) is 0 Å². The van der Waals surface area contributed by atoms with Crippen LogP contribution in [0.3, 0.4) is 0 Å². The highest BCUT2D eigenvalue weighted by Gasteiger charge is 2.08. The fraction of sp³-hybridized carbons (Fsp3) is 0.167. The second kappa shape index (κ2) is 5.38. The summed E-state index contributed by atoms with van der Waals surface area (Å²) in [5, 5.41) is 12.5. The van der Waals surface area contributed by atoms with E-state index in [1.807, 2.05) is 18.2 Å². The summed E-state index contributed by atoms with van der Waals surface area (Å²) in [5.74, 6) is 1.40. The molecule has 2 rings (SSSR count). The van der Waals surface area contributed by atoms with Gasteiger partial charge in [0.25, 0.3) is 0 Å². The first-order chi connectivity index (χ1) is 8.76. The van der Waals surface area contributed by atoms with Crippen molar-refractivity contribution < 1.29 is 9.47 Å². The Kier molecular flexibility index (Phi) is 3.65. The molecule has 0 bridgehead atoms. The minimum atomic E-state index is 0.555. The zero-order chi connectivity index (χ0) is 13.0. The Balaban J connectivity index is 2.29. The van der Waals surface area contributed by atoms with Gasteiger partial charge in [-0.1, -0.05) is 11.3 Å². The van der Waals surface area contributed by atoms with E-state index in [0.29, 0.717) is 15.8 Å². The summed E-state index contributed by atoms with van der Waals surface area (Å²) in [5.41, 5.74) is 0.746. The Morgan fingerprint density at radius 2 is 2.17 bits per heavy atom. The van der Waals surface area contributed by atoms with Crippen molar-refractivity contribution in [3.63, 3.8) is 0 Å². The quantitative estimate of drug-likeness (QED) is 0.916. The van der Waals surface area contributed by atoms with Crippen molar-refractivity contribution in [1.82, 2.24) is 4.98 Å². The number of benzene rings is 1. The third kappa shape index (κ3) is 2.52. The van der Waals surface area contributed by atoms with Gasteiger partial charge in [0.05, 0.1) is 26.1 Å². The van der Waals surface area contributed by atoms with Gasteiger partial charge in [0.1, 0.15) is 22.4 Å². The fourth-order valence-corrected chi connectivity index (χ4v) is 2.04. The van der Waals surface area contributed by atoms with Gasteiger partial charge in [-0.2, -0.15) is 5.26 Å². The predicted molar refractivity (Wildman–Crippen MR) is 69.7 cm³/mol. The lowest BCUT2D eigenvalue weighted by molar-refractivity contribution is 0.405. The number of nitrogens with zero attached hydrogens (tertiary/aromatic N) is 2. The number of hydrogen-bond donors (Lipinski definition) is 1. The molecule has 0 aliphatic rings. The number of nitriles is 1. The van der Waals surface area contributed by atoms with E-state index in [2.05, 4.69) is 10.3 Å². The standard InChI is InChI=1S/C12H11N3O2S/c1-16-8-3-4-11(17-2)10(5-8)15-12-14-7-9(6-13)18-12/h3-5,7H,1-2H3,(H,14,15). The molecule has 0 unspecified atom stereocenters. The molecule has 0 fully saturated rings. The highest BCUT2D eigenvalue weighted by atomic mass is 32.1. The fourth-order valence-electron chi connectivity index (χ4n) is 1.41. The summed E-state index contributed by atoms with van der Waals surface area (Å²) in [6.45, 7) is 0. The van der Waals surface area contributed by atoms with Crippen molar-refractivity contribution in [2.24, 2.45) is 0 Å². The first kappa shape index (κ1) is 12.2. The predicted octanol–water partition coefficient (Wildman–Crippen LogP) is 2.78. The average molecular weight is 261 g/mol. The monoisotopic (exact) mass is 261 g/mol. The Morgan fingerprint density at radius 3 is 2.78 bits per heavy atom. The number of ether oxygens (including phenoxy) is 2. The summed E-state index contributed by atoms with van der Waals surface area (Å²) >= 11 is 1.28. The Morgan fingerprint density at radius 1 is 1.33 bits per heavy atom. The van der Waals surface area contributed by atoms with Gasteiger partial charge in [0, 0.05) is 6.07 Å². The van der Waals surface area contributed by atoms with Crippen LogP contribution in [-0.2, 0) is 0 Å². The lowest BCUT2D eigenvalue weighted by atomic mass is 10.2. The van der Waals surface area contributed by atoms with Crippen LogP contribution in [0.5, 0.6) is 11.5 Å². The lowest BCUT2D eigenvalue weighted by Gasteiger charge is -2.10. The van der Waals surface area contributed by atoms with E-state index in [1.165, 1.54) is 17.5 Å². The SMILES string of the molecule is COc1ccc(OC)c(Nc2ncc(C#N)s2)c1. The molecular formula is C12H11N3O2S. The van der Waals surface area contributed by atoms with Gasteiger partial charge in [0.15, 0.2) is 5.13 Å². The molecule has 0 radical (unpaired) electrons. The van der Waals surface area contributed by atoms with Crippen LogP contribution in [0.1, 0.15) is 4.88 Å². The highest BCUT2D eigenvalue weighted by Crippen LogP contribution is 2.32. The molecule has 1 aromatic carbocycles. The van der Waals surface area contributed by atoms with Gasteiger partial charge in [0.2, 0.25) is 0 Å². The minimum Gasteiger partial charge on any atom is -0.497 e. The number of thiazole rings is 1. The smallest absolute Gasteiger partial charge is 0.188 e. The maximum absolute atomic E-state index is 8.75. The van der Waals surface area contributed by atoms with Gasteiger partial charge in [-0.15, -0.1) is 0 Å². The molecule has 0 atom stereocenters. The number of hydrogen-bond acceptors (Lipinski definition) is 6. The summed E-state index contributed by atoms with van der Waals surface area (Å²) in [6.07, 6.45) is 1.53. The van der Waals surface area contributed by atoms with E-state index < -0.39 is 0 Å². The minimum absolute atomic E-state index is 0.555. The molecule has 1 N–H and O–H groups in total. The Hall–Kier alpha value is -2.26. The molecule has 0 spiro atoms. The van der Waals surface area contributed by atoms with E-state index in [0.717, 1.165) is 11.4 Å². The second-order valence-electron chi connectivity index (χ2n) is 3.33. The summed E-state index contributed by atoms with van der Waals surface area (Å²) in [4.78, 5) is 4.66. The molecule has 0 saturated carbocycles. The zero-order valence-electron chi connectivity index (χ0n) is 9.93. The van der Waals surface area contributed by atoms with E-state index in [-0.39, 0.29) is 0 Å². The van der Waals surface area contributed by atoms with Crippen LogP contribution in [0.4, 0.5) is 10.8 Å². The number of rotatable bonds is 4. The van der Waals surface area contributed by atoms with Crippen LogP contribution in [0.15, 0.2) is 24.4 Å². The number of nitrogens with one attached hydrogen (secondary N) is 1. The van der Waals surface area contributed by atoms with Crippen LogP contribution in [0.25, 0.3) is 0 Å². The van der Waals surface area contributed by atoms with Gasteiger partial charge in [-0.3, -0.25) is 0 Å². The zero-order valence-corrected chi connectivity index (χ0v) is 10.7. The normalized spacial score (nSPS) is 9.61. The molecule has 0 aliphatic carbocycles. The van der Waals surface area contributed by atoms with Gasteiger partial charge in [-0.25, -0.2) is 4.98 Å². The molecule has 1 aromatic heterocycles. The van der Waals surface area contributed by atoms with Crippen LogP contribution in [0, 0.1) is 11.3 Å². The summed E-state index contributed by atoms with van der Waals surface area (Å²) < 4.78 is 10.4. The van der Waals surface area contributed by atoms with Crippen molar-refractivity contribution in [3.8, 4) is 17.6 Å². The van der Waals surface area contributed by atoms with Crippen molar-refractivity contribution >= 4 is 22.2 Å². The van der Waals surface area contributed by atoms with Gasteiger partial charge in [-0.05, 0) is 12.1 Å². The van der Waals surface area contributed by atoms with Crippen molar-refractivity contribution in [3.05, 3.63) is 29.3 Å². The number of aromatic nitrogens is 1. The van der Waals surface area contributed by atoms with E-state index in [1.54, 1.807) is 20.3 Å². The first-order valence-electron chi connectivity index (χ1n) is 5.12. The molecular weight excluding hydrogens is 250 g/mol. The average Bonchev–Trinajstić information content (AvgIpc) is 2.86. The van der Waals surface area contributed by atoms with Gasteiger partial charge >= 0.3 is 0 Å². The summed E-state index contributed by atoms with van der Waals surface area (Å²) in [7, 11) is 3.19. The maximum Gasteiger partial charge on any atom is 0.188 e. The molecule has 5 nitrogen and oxygen atoms in total. The third-order valence-electron chi connectivity index (χ3n) is 2.26. The van der Waals surface area contributed by atoms with Crippen LogP contribution in [-0.4, -0.2) is 19.2 Å². The summed E-state index contributed by atoms with van der Waals surface area (Å²) in [6, 6.07) is 7.47. The molecule has 0 aliphatic heterocycles. The van der Waals surface area contributed by atoms with Gasteiger partial charge < -0.3 is 14.8 Å². The van der Waals surface area contributed by atoms with E-state index in [4.69, 9.17) is 14.7 Å². The second-order valence-corrected chi connectivity index (χ2v) is 4.36.